The van der Waals surface area contributed by atoms with Gasteiger partial charge in [0.2, 0.25) is 0 Å². The van der Waals surface area contributed by atoms with Gasteiger partial charge in [0.1, 0.15) is 5.78 Å². The van der Waals surface area contributed by atoms with Crippen LogP contribution in [0.1, 0.15) is 53.4 Å². The van der Waals surface area contributed by atoms with E-state index in [1.54, 1.807) is 0 Å². The van der Waals surface area contributed by atoms with Crippen LogP contribution in [0, 0.1) is 17.3 Å². The highest BCUT2D eigenvalue weighted by atomic mass is 16.1. The third kappa shape index (κ3) is 2.32. The molecule has 0 amide bonds. The number of carbonyl (C=O) groups excluding carboxylic acids is 1. The summed E-state index contributed by atoms with van der Waals surface area (Å²) in [5.41, 5.74) is 1.10. The van der Waals surface area contributed by atoms with Crippen LogP contribution in [-0.4, -0.2) is 5.78 Å². The average molecular weight is 208 g/mol. The molecule has 2 atom stereocenters. The lowest BCUT2D eigenvalue weighted by Gasteiger charge is -2.33. The summed E-state index contributed by atoms with van der Waals surface area (Å²) in [6, 6.07) is 0. The summed E-state index contributed by atoms with van der Waals surface area (Å²) < 4.78 is 0. The van der Waals surface area contributed by atoms with E-state index in [0.29, 0.717) is 17.6 Å². The van der Waals surface area contributed by atoms with E-state index in [1.807, 2.05) is 0 Å². The average Bonchev–Trinajstić information content (AvgIpc) is 2.43. The maximum atomic E-state index is 12.0. The van der Waals surface area contributed by atoms with Crippen molar-refractivity contribution in [1.29, 1.82) is 0 Å². The molecule has 1 aliphatic rings. The Hall–Kier alpha value is -0.590. The molecule has 15 heavy (non-hydrogen) atoms. The molecule has 0 aromatic heterocycles. The lowest BCUT2D eigenvalue weighted by Crippen LogP contribution is -2.32. The Balaban J connectivity index is 2.85. The standard InChI is InChI=1S/C14H24O/c1-6-11(4)9-14(5)12(10(2)3)7-8-13(14)15/h10,12H,4,6-9H2,1-3,5H3/t12-,14-/m1/s1. The number of Topliss-reactive ketones (excluding diaryl/α,β-unsaturated/α-hetero) is 1. The van der Waals surface area contributed by atoms with Crippen LogP contribution < -0.4 is 0 Å². The molecule has 0 heterocycles. The maximum absolute atomic E-state index is 12.0. The third-order valence-electron chi connectivity index (χ3n) is 4.06. The van der Waals surface area contributed by atoms with Crippen molar-refractivity contribution >= 4 is 5.78 Å². The molecule has 0 saturated heterocycles. The zero-order valence-corrected chi connectivity index (χ0v) is 10.6. The van der Waals surface area contributed by atoms with Crippen LogP contribution in [-0.2, 0) is 4.79 Å². The Bertz CT molecular complexity index is 265. The molecule has 1 nitrogen and oxygen atoms in total. The van der Waals surface area contributed by atoms with Gasteiger partial charge in [0.15, 0.2) is 0 Å². The van der Waals surface area contributed by atoms with Gasteiger partial charge in [0, 0.05) is 11.8 Å². The SMILES string of the molecule is C=C(CC)C[C@@]1(C)C(=O)CC[C@@H]1C(C)C. The van der Waals surface area contributed by atoms with E-state index in [4.69, 9.17) is 0 Å². The Morgan fingerprint density at radius 1 is 1.60 bits per heavy atom. The molecule has 0 unspecified atom stereocenters. The maximum Gasteiger partial charge on any atom is 0.139 e. The molecular formula is C14H24O. The third-order valence-corrected chi connectivity index (χ3v) is 4.06. The van der Waals surface area contributed by atoms with Crippen molar-refractivity contribution in [3.63, 3.8) is 0 Å². The molecule has 1 aliphatic carbocycles. The molecule has 0 spiro atoms. The van der Waals surface area contributed by atoms with Gasteiger partial charge in [0.25, 0.3) is 0 Å². The van der Waals surface area contributed by atoms with Gasteiger partial charge in [-0.3, -0.25) is 4.79 Å². The van der Waals surface area contributed by atoms with E-state index < -0.39 is 0 Å². The summed E-state index contributed by atoms with van der Waals surface area (Å²) in [6.07, 6.45) is 3.74. The Morgan fingerprint density at radius 2 is 2.20 bits per heavy atom. The number of hydrogen-bond acceptors (Lipinski definition) is 1. The first-order valence-electron chi connectivity index (χ1n) is 6.11. The smallest absolute Gasteiger partial charge is 0.139 e. The fraction of sp³-hybridized carbons (Fsp3) is 0.786. The van der Waals surface area contributed by atoms with E-state index in [0.717, 1.165) is 25.7 Å². The highest BCUT2D eigenvalue weighted by Crippen LogP contribution is 2.48. The summed E-state index contributed by atoms with van der Waals surface area (Å²) in [7, 11) is 0. The zero-order valence-electron chi connectivity index (χ0n) is 10.6. The van der Waals surface area contributed by atoms with E-state index >= 15 is 0 Å². The van der Waals surface area contributed by atoms with Gasteiger partial charge in [-0.2, -0.15) is 0 Å². The first-order chi connectivity index (χ1) is 6.91. The van der Waals surface area contributed by atoms with Crippen molar-refractivity contribution in [2.75, 3.05) is 0 Å². The minimum atomic E-state index is -0.124. The molecule has 0 aromatic rings. The van der Waals surface area contributed by atoms with Crippen LogP contribution in [0.25, 0.3) is 0 Å². The predicted octanol–water partition coefficient (Wildman–Crippen LogP) is 3.98. The Labute approximate surface area is 93.9 Å². The van der Waals surface area contributed by atoms with Gasteiger partial charge >= 0.3 is 0 Å². The second-order valence-electron chi connectivity index (χ2n) is 5.51. The van der Waals surface area contributed by atoms with Gasteiger partial charge in [-0.1, -0.05) is 39.8 Å². The quantitative estimate of drug-likeness (QED) is 0.639. The monoisotopic (exact) mass is 208 g/mol. The molecule has 86 valence electrons. The highest BCUT2D eigenvalue weighted by Gasteiger charge is 2.46. The summed E-state index contributed by atoms with van der Waals surface area (Å²) in [5.74, 6) is 1.61. The molecule has 0 radical (unpaired) electrons. The molecule has 0 bridgehead atoms. The molecule has 0 aliphatic heterocycles. The van der Waals surface area contributed by atoms with Gasteiger partial charge in [0.05, 0.1) is 0 Å². The van der Waals surface area contributed by atoms with Crippen molar-refractivity contribution in [1.82, 2.24) is 0 Å². The molecule has 0 aromatic carbocycles. The topological polar surface area (TPSA) is 17.1 Å². The highest BCUT2D eigenvalue weighted by molar-refractivity contribution is 5.87. The molecular weight excluding hydrogens is 184 g/mol. The minimum absolute atomic E-state index is 0.124. The fourth-order valence-corrected chi connectivity index (χ4v) is 3.04. The van der Waals surface area contributed by atoms with Gasteiger partial charge < -0.3 is 0 Å². The second kappa shape index (κ2) is 4.51. The summed E-state index contributed by atoms with van der Waals surface area (Å²) >= 11 is 0. The minimum Gasteiger partial charge on any atom is -0.299 e. The first kappa shape index (κ1) is 12.5. The summed E-state index contributed by atoms with van der Waals surface area (Å²) in [4.78, 5) is 12.0. The van der Waals surface area contributed by atoms with Crippen molar-refractivity contribution in [2.45, 2.75) is 53.4 Å². The van der Waals surface area contributed by atoms with Crippen molar-refractivity contribution < 1.29 is 4.79 Å². The van der Waals surface area contributed by atoms with Crippen LogP contribution in [0.2, 0.25) is 0 Å². The largest absolute Gasteiger partial charge is 0.299 e. The lowest BCUT2D eigenvalue weighted by atomic mass is 9.70. The number of hydrogen-bond donors (Lipinski definition) is 0. The van der Waals surface area contributed by atoms with Crippen LogP contribution in [0.5, 0.6) is 0 Å². The van der Waals surface area contributed by atoms with Gasteiger partial charge in [-0.15, -0.1) is 0 Å². The molecule has 1 heteroatoms. The van der Waals surface area contributed by atoms with Gasteiger partial charge in [-0.05, 0) is 31.1 Å². The summed E-state index contributed by atoms with van der Waals surface area (Å²) in [6.45, 7) is 12.8. The fourth-order valence-electron chi connectivity index (χ4n) is 3.04. The van der Waals surface area contributed by atoms with Crippen LogP contribution in [0.4, 0.5) is 0 Å². The summed E-state index contributed by atoms with van der Waals surface area (Å²) in [5, 5.41) is 0. The molecule has 1 rings (SSSR count). The van der Waals surface area contributed by atoms with Crippen LogP contribution in [0.15, 0.2) is 12.2 Å². The van der Waals surface area contributed by atoms with Crippen molar-refractivity contribution in [3.05, 3.63) is 12.2 Å². The normalized spacial score (nSPS) is 31.3. The Morgan fingerprint density at radius 3 is 2.67 bits per heavy atom. The number of carbonyl (C=O) groups is 1. The molecule has 1 saturated carbocycles. The van der Waals surface area contributed by atoms with Gasteiger partial charge in [-0.25, -0.2) is 0 Å². The number of rotatable bonds is 4. The van der Waals surface area contributed by atoms with E-state index in [2.05, 4.69) is 34.3 Å². The predicted molar refractivity (Wildman–Crippen MR) is 64.7 cm³/mol. The number of ketones is 1. The van der Waals surface area contributed by atoms with Crippen molar-refractivity contribution in [2.24, 2.45) is 17.3 Å². The Kier molecular flexibility index (Phi) is 3.75. The number of allylic oxidation sites excluding steroid dienone is 1. The first-order valence-corrected chi connectivity index (χ1v) is 6.11. The molecule has 1 fully saturated rings. The zero-order chi connectivity index (χ0) is 11.6. The molecule has 0 N–H and O–H groups in total. The van der Waals surface area contributed by atoms with Crippen molar-refractivity contribution in [3.8, 4) is 0 Å². The lowest BCUT2D eigenvalue weighted by molar-refractivity contribution is -0.126. The second-order valence-corrected chi connectivity index (χ2v) is 5.51. The van der Waals surface area contributed by atoms with E-state index in [9.17, 15) is 4.79 Å². The van der Waals surface area contributed by atoms with E-state index in [1.165, 1.54) is 5.57 Å². The van der Waals surface area contributed by atoms with Crippen LogP contribution >= 0.6 is 0 Å². The van der Waals surface area contributed by atoms with Crippen LogP contribution in [0.3, 0.4) is 0 Å². The van der Waals surface area contributed by atoms with E-state index in [-0.39, 0.29) is 5.41 Å².